The number of carbonyl (C=O) groups excluding carboxylic acids is 2. The third-order valence-corrected chi connectivity index (χ3v) is 4.58. The summed E-state index contributed by atoms with van der Waals surface area (Å²) in [6, 6.07) is 11.2. The number of fused-ring (bicyclic) bond motifs is 1. The van der Waals surface area contributed by atoms with Gasteiger partial charge in [-0.1, -0.05) is 32.0 Å². The van der Waals surface area contributed by atoms with Gasteiger partial charge in [0.1, 0.15) is 5.65 Å². The highest BCUT2D eigenvalue weighted by Crippen LogP contribution is 2.25. The molecule has 1 amide bonds. The molecule has 0 spiro atoms. The second-order valence-corrected chi connectivity index (χ2v) is 7.51. The van der Waals surface area contributed by atoms with E-state index in [4.69, 9.17) is 9.72 Å². The van der Waals surface area contributed by atoms with E-state index in [-0.39, 0.29) is 11.9 Å². The van der Waals surface area contributed by atoms with Crippen LogP contribution in [0.15, 0.2) is 42.6 Å². The van der Waals surface area contributed by atoms with Crippen LogP contribution in [0.2, 0.25) is 0 Å². The van der Waals surface area contributed by atoms with Gasteiger partial charge in [-0.05, 0) is 43.5 Å². The zero-order valence-electron chi connectivity index (χ0n) is 17.4. The van der Waals surface area contributed by atoms with Crippen LogP contribution >= 0.6 is 0 Å². The highest BCUT2D eigenvalue weighted by molar-refractivity contribution is 5.90. The number of aryl methyl sites for hydroxylation is 1. The highest BCUT2D eigenvalue weighted by Gasteiger charge is 2.16. The number of benzene rings is 1. The number of hydrogen-bond donors (Lipinski definition) is 1. The molecule has 0 unspecified atom stereocenters. The monoisotopic (exact) mass is 393 g/mol. The van der Waals surface area contributed by atoms with E-state index in [1.54, 1.807) is 19.1 Å². The standard InChI is InChI=1S/C23H27N3O3/c1-5-29-23(28)18-9-7-17(8-10-18)22-19(13-24-21(27)12-15(2)3)26-14-16(4)6-11-20(26)25-22/h6-11,14-15H,5,12-13H2,1-4H3,(H,24,27). The van der Waals surface area contributed by atoms with Gasteiger partial charge in [0.05, 0.1) is 30.1 Å². The molecule has 0 aliphatic heterocycles. The Morgan fingerprint density at radius 1 is 1.14 bits per heavy atom. The van der Waals surface area contributed by atoms with E-state index in [9.17, 15) is 9.59 Å². The van der Waals surface area contributed by atoms with Crippen molar-refractivity contribution in [3.8, 4) is 11.3 Å². The van der Waals surface area contributed by atoms with Crippen LogP contribution in [0.25, 0.3) is 16.9 Å². The van der Waals surface area contributed by atoms with Crippen LogP contribution in [0.3, 0.4) is 0 Å². The third kappa shape index (κ3) is 4.83. The minimum atomic E-state index is -0.342. The van der Waals surface area contributed by atoms with Gasteiger partial charge in [-0.25, -0.2) is 9.78 Å². The Morgan fingerprint density at radius 3 is 2.52 bits per heavy atom. The lowest BCUT2D eigenvalue weighted by atomic mass is 10.1. The first kappa shape index (κ1) is 20.6. The Bertz CT molecular complexity index is 1020. The molecule has 0 saturated carbocycles. The number of ether oxygens (including phenoxy) is 1. The van der Waals surface area contributed by atoms with Crippen LogP contribution in [-0.2, 0) is 16.1 Å². The van der Waals surface area contributed by atoms with Gasteiger partial charge in [-0.2, -0.15) is 0 Å². The summed E-state index contributed by atoms with van der Waals surface area (Å²) < 4.78 is 7.06. The first-order valence-corrected chi connectivity index (χ1v) is 9.91. The normalized spacial score (nSPS) is 11.1. The molecule has 6 heteroatoms. The van der Waals surface area contributed by atoms with Crippen molar-refractivity contribution >= 4 is 17.5 Å². The Hall–Kier alpha value is -3.15. The quantitative estimate of drug-likeness (QED) is 0.612. The van der Waals surface area contributed by atoms with Crippen LogP contribution in [0.1, 0.15) is 48.8 Å². The van der Waals surface area contributed by atoms with Crippen LogP contribution in [-0.4, -0.2) is 27.9 Å². The Balaban J connectivity index is 1.96. The van der Waals surface area contributed by atoms with Crippen molar-refractivity contribution in [1.82, 2.24) is 14.7 Å². The number of hydrogen-bond acceptors (Lipinski definition) is 4. The number of carbonyl (C=O) groups is 2. The number of nitrogens with zero attached hydrogens (tertiary/aromatic N) is 2. The molecule has 6 nitrogen and oxygen atoms in total. The fraction of sp³-hybridized carbons (Fsp3) is 0.348. The average molecular weight is 393 g/mol. The molecule has 1 aromatic carbocycles. The van der Waals surface area contributed by atoms with E-state index in [0.717, 1.165) is 28.2 Å². The van der Waals surface area contributed by atoms with Gasteiger partial charge in [-0.3, -0.25) is 4.79 Å². The molecule has 29 heavy (non-hydrogen) atoms. The fourth-order valence-electron chi connectivity index (χ4n) is 3.20. The molecule has 0 aliphatic carbocycles. The van der Waals surface area contributed by atoms with Crippen molar-refractivity contribution in [3.05, 3.63) is 59.4 Å². The van der Waals surface area contributed by atoms with Crippen molar-refractivity contribution in [2.45, 2.75) is 40.7 Å². The Labute approximate surface area is 170 Å². The van der Waals surface area contributed by atoms with Gasteiger partial charge in [0.15, 0.2) is 0 Å². The van der Waals surface area contributed by atoms with Gasteiger partial charge >= 0.3 is 5.97 Å². The van der Waals surface area contributed by atoms with Crippen LogP contribution in [0.4, 0.5) is 0 Å². The van der Waals surface area contributed by atoms with E-state index in [1.807, 2.05) is 55.6 Å². The van der Waals surface area contributed by atoms with E-state index in [0.29, 0.717) is 31.1 Å². The molecular weight excluding hydrogens is 366 g/mol. The molecule has 0 fully saturated rings. The zero-order chi connectivity index (χ0) is 21.0. The molecule has 3 aromatic rings. The number of nitrogens with one attached hydrogen (secondary N) is 1. The van der Waals surface area contributed by atoms with Gasteiger partial charge in [0.2, 0.25) is 5.91 Å². The number of esters is 1. The Kier molecular flexibility index (Phi) is 6.32. The number of imidazole rings is 1. The smallest absolute Gasteiger partial charge is 0.338 e. The lowest BCUT2D eigenvalue weighted by Gasteiger charge is -2.10. The predicted molar refractivity (Wildman–Crippen MR) is 113 cm³/mol. The van der Waals surface area contributed by atoms with Crippen molar-refractivity contribution < 1.29 is 14.3 Å². The van der Waals surface area contributed by atoms with E-state index >= 15 is 0 Å². The summed E-state index contributed by atoms with van der Waals surface area (Å²) >= 11 is 0. The molecule has 0 radical (unpaired) electrons. The maximum Gasteiger partial charge on any atom is 0.338 e. The fourth-order valence-corrected chi connectivity index (χ4v) is 3.20. The van der Waals surface area contributed by atoms with Crippen LogP contribution in [0, 0.1) is 12.8 Å². The summed E-state index contributed by atoms with van der Waals surface area (Å²) in [5, 5.41) is 3.01. The second kappa shape index (κ2) is 8.90. The molecule has 1 N–H and O–H groups in total. The van der Waals surface area contributed by atoms with Crippen molar-refractivity contribution in [3.63, 3.8) is 0 Å². The summed E-state index contributed by atoms with van der Waals surface area (Å²) in [6.07, 6.45) is 2.50. The first-order chi connectivity index (χ1) is 13.9. The summed E-state index contributed by atoms with van der Waals surface area (Å²) in [5.74, 6) is -0.0219. The van der Waals surface area contributed by atoms with Crippen molar-refractivity contribution in [1.29, 1.82) is 0 Å². The summed E-state index contributed by atoms with van der Waals surface area (Å²) in [6.45, 7) is 8.57. The largest absolute Gasteiger partial charge is 0.462 e. The highest BCUT2D eigenvalue weighted by atomic mass is 16.5. The summed E-state index contributed by atoms with van der Waals surface area (Å²) in [7, 11) is 0. The second-order valence-electron chi connectivity index (χ2n) is 7.51. The lowest BCUT2D eigenvalue weighted by molar-refractivity contribution is -0.121. The van der Waals surface area contributed by atoms with E-state index < -0.39 is 0 Å². The average Bonchev–Trinajstić information content (AvgIpc) is 3.04. The minimum Gasteiger partial charge on any atom is -0.462 e. The molecule has 2 aromatic heterocycles. The molecule has 0 atom stereocenters. The number of rotatable bonds is 7. The molecule has 3 rings (SSSR count). The van der Waals surface area contributed by atoms with Crippen molar-refractivity contribution in [2.24, 2.45) is 5.92 Å². The minimum absolute atomic E-state index is 0.0196. The maximum atomic E-state index is 12.2. The van der Waals surface area contributed by atoms with Crippen molar-refractivity contribution in [2.75, 3.05) is 6.61 Å². The number of pyridine rings is 1. The zero-order valence-corrected chi connectivity index (χ0v) is 17.4. The van der Waals surface area contributed by atoms with Gasteiger partial charge in [0.25, 0.3) is 0 Å². The molecule has 2 heterocycles. The van der Waals surface area contributed by atoms with Gasteiger partial charge < -0.3 is 14.5 Å². The molecule has 0 bridgehead atoms. The Morgan fingerprint density at radius 2 is 1.86 bits per heavy atom. The van der Waals surface area contributed by atoms with Gasteiger partial charge in [0, 0.05) is 18.2 Å². The maximum absolute atomic E-state index is 12.2. The number of aromatic nitrogens is 2. The van der Waals surface area contributed by atoms with E-state index in [2.05, 4.69) is 5.32 Å². The molecule has 152 valence electrons. The summed E-state index contributed by atoms with van der Waals surface area (Å²) in [5.41, 5.74) is 5.00. The van der Waals surface area contributed by atoms with E-state index in [1.165, 1.54) is 0 Å². The lowest BCUT2D eigenvalue weighted by Crippen LogP contribution is -2.24. The number of amides is 1. The molecule has 0 saturated heterocycles. The third-order valence-electron chi connectivity index (χ3n) is 4.58. The predicted octanol–water partition coefficient (Wildman–Crippen LogP) is 4.15. The summed E-state index contributed by atoms with van der Waals surface area (Å²) in [4.78, 5) is 28.9. The SMILES string of the molecule is CCOC(=O)c1ccc(-c2nc3ccc(C)cn3c2CNC(=O)CC(C)C)cc1. The first-order valence-electron chi connectivity index (χ1n) is 9.91. The topological polar surface area (TPSA) is 72.7 Å². The van der Waals surface area contributed by atoms with Gasteiger partial charge in [-0.15, -0.1) is 0 Å². The molecular formula is C23H27N3O3. The van der Waals surface area contributed by atoms with Crippen LogP contribution in [0.5, 0.6) is 0 Å². The molecule has 0 aliphatic rings. The van der Waals surface area contributed by atoms with Crippen LogP contribution < -0.4 is 5.32 Å².